The van der Waals surface area contributed by atoms with Crippen LogP contribution in [-0.2, 0) is 4.79 Å². The number of aliphatic hydroxyl groups excluding tert-OH is 1. The third kappa shape index (κ3) is 3.70. The van der Waals surface area contributed by atoms with Gasteiger partial charge >= 0.3 is 0 Å². The molecule has 0 bridgehead atoms. The molecule has 0 saturated heterocycles. The Hall–Kier alpha value is -0.570. The monoisotopic (exact) mass is 239 g/mol. The molecular weight excluding hydrogens is 214 g/mol. The van der Waals surface area contributed by atoms with Gasteiger partial charge in [0, 0.05) is 19.1 Å². The van der Waals surface area contributed by atoms with Crippen LogP contribution < -0.4 is 5.32 Å². The first-order chi connectivity index (χ1) is 8.26. The maximum atomic E-state index is 12.1. The van der Waals surface area contributed by atoms with Crippen LogP contribution in [-0.4, -0.2) is 24.2 Å². The van der Waals surface area contributed by atoms with Crippen LogP contribution in [0.5, 0.6) is 0 Å². The molecule has 3 nitrogen and oxygen atoms in total. The average Bonchev–Trinajstić information content (AvgIpc) is 3.10. The number of hydrogen-bond acceptors (Lipinski definition) is 2. The third-order valence-corrected chi connectivity index (χ3v) is 4.46. The van der Waals surface area contributed by atoms with Crippen LogP contribution in [0.25, 0.3) is 0 Å². The van der Waals surface area contributed by atoms with Gasteiger partial charge in [-0.2, -0.15) is 0 Å². The second-order valence-corrected chi connectivity index (χ2v) is 5.88. The van der Waals surface area contributed by atoms with Crippen molar-refractivity contribution in [2.24, 2.45) is 11.3 Å². The molecule has 0 heterocycles. The molecule has 17 heavy (non-hydrogen) atoms. The minimum absolute atomic E-state index is 0.245. The predicted molar refractivity (Wildman–Crippen MR) is 67.6 cm³/mol. The molecule has 0 aliphatic heterocycles. The molecule has 2 rings (SSSR count). The van der Waals surface area contributed by atoms with E-state index in [9.17, 15) is 4.79 Å². The molecule has 2 N–H and O–H groups in total. The van der Waals surface area contributed by atoms with Crippen LogP contribution in [0, 0.1) is 11.3 Å². The molecule has 0 unspecified atom stereocenters. The second-order valence-electron chi connectivity index (χ2n) is 5.88. The zero-order valence-corrected chi connectivity index (χ0v) is 10.7. The molecule has 2 fully saturated rings. The maximum Gasteiger partial charge on any atom is 0.223 e. The maximum absolute atomic E-state index is 12.1. The van der Waals surface area contributed by atoms with Crippen molar-refractivity contribution in [1.82, 2.24) is 5.32 Å². The molecule has 0 spiro atoms. The van der Waals surface area contributed by atoms with Crippen molar-refractivity contribution in [3.63, 3.8) is 0 Å². The Morgan fingerprint density at radius 1 is 1.18 bits per heavy atom. The van der Waals surface area contributed by atoms with Gasteiger partial charge in [0.05, 0.1) is 0 Å². The number of amides is 1. The SMILES string of the molecule is O=C(NCC1(CCO)CC1)C1CCCCCC1. The first-order valence-electron chi connectivity index (χ1n) is 7.14. The van der Waals surface area contributed by atoms with Crippen molar-refractivity contribution in [3.8, 4) is 0 Å². The van der Waals surface area contributed by atoms with E-state index in [-0.39, 0.29) is 23.8 Å². The summed E-state index contributed by atoms with van der Waals surface area (Å²) in [5.74, 6) is 0.513. The van der Waals surface area contributed by atoms with Crippen LogP contribution >= 0.6 is 0 Å². The van der Waals surface area contributed by atoms with Gasteiger partial charge in [-0.1, -0.05) is 25.7 Å². The quantitative estimate of drug-likeness (QED) is 0.723. The molecule has 2 aliphatic rings. The Morgan fingerprint density at radius 3 is 2.35 bits per heavy atom. The van der Waals surface area contributed by atoms with Crippen molar-refractivity contribution in [2.75, 3.05) is 13.2 Å². The van der Waals surface area contributed by atoms with Crippen LogP contribution in [0.15, 0.2) is 0 Å². The van der Waals surface area contributed by atoms with E-state index < -0.39 is 0 Å². The van der Waals surface area contributed by atoms with Crippen LogP contribution in [0.2, 0.25) is 0 Å². The van der Waals surface area contributed by atoms with Crippen LogP contribution in [0.4, 0.5) is 0 Å². The summed E-state index contributed by atoms with van der Waals surface area (Å²) >= 11 is 0. The van der Waals surface area contributed by atoms with E-state index in [1.165, 1.54) is 38.5 Å². The highest BCUT2D eigenvalue weighted by atomic mass is 16.3. The van der Waals surface area contributed by atoms with Gasteiger partial charge in [0.25, 0.3) is 0 Å². The fraction of sp³-hybridized carbons (Fsp3) is 0.929. The van der Waals surface area contributed by atoms with Gasteiger partial charge in [-0.05, 0) is 37.5 Å². The molecule has 2 aliphatic carbocycles. The number of carbonyl (C=O) groups excluding carboxylic acids is 1. The standard InChI is InChI=1S/C14H25NO2/c16-10-9-14(7-8-14)11-15-13(17)12-5-3-1-2-4-6-12/h12,16H,1-11H2,(H,15,17). The molecule has 3 heteroatoms. The Balaban J connectivity index is 1.72. The summed E-state index contributed by atoms with van der Waals surface area (Å²) in [6.07, 6.45) is 10.3. The van der Waals surface area contributed by atoms with E-state index in [0.29, 0.717) is 0 Å². The van der Waals surface area contributed by atoms with Crippen molar-refractivity contribution < 1.29 is 9.90 Å². The van der Waals surface area contributed by atoms with Gasteiger partial charge in [-0.25, -0.2) is 0 Å². The molecule has 1 amide bonds. The number of hydrogen-bond donors (Lipinski definition) is 2. The molecule has 0 atom stereocenters. The van der Waals surface area contributed by atoms with Gasteiger partial charge in [-0.3, -0.25) is 4.79 Å². The fourth-order valence-corrected chi connectivity index (χ4v) is 2.89. The van der Waals surface area contributed by atoms with Crippen molar-refractivity contribution in [3.05, 3.63) is 0 Å². The summed E-state index contributed by atoms with van der Waals surface area (Å²) in [5.41, 5.74) is 0.245. The van der Waals surface area contributed by atoms with Crippen LogP contribution in [0.1, 0.15) is 57.8 Å². The van der Waals surface area contributed by atoms with Crippen molar-refractivity contribution in [1.29, 1.82) is 0 Å². The Kier molecular flexibility index (Phi) is 4.43. The fourth-order valence-electron chi connectivity index (χ4n) is 2.89. The number of aliphatic hydroxyl groups is 1. The molecule has 98 valence electrons. The summed E-state index contributed by atoms with van der Waals surface area (Å²) in [4.78, 5) is 12.1. The average molecular weight is 239 g/mol. The van der Waals surface area contributed by atoms with E-state index in [2.05, 4.69) is 5.32 Å². The van der Waals surface area contributed by atoms with E-state index in [0.717, 1.165) is 25.8 Å². The smallest absolute Gasteiger partial charge is 0.223 e. The van der Waals surface area contributed by atoms with Gasteiger partial charge < -0.3 is 10.4 Å². The first-order valence-corrected chi connectivity index (χ1v) is 7.14. The minimum Gasteiger partial charge on any atom is -0.396 e. The van der Waals surface area contributed by atoms with E-state index in [4.69, 9.17) is 5.11 Å². The normalized spacial score (nSPS) is 24.1. The predicted octanol–water partition coefficient (Wildman–Crippen LogP) is 2.24. The summed E-state index contributed by atoms with van der Waals surface area (Å²) in [6.45, 7) is 1.03. The van der Waals surface area contributed by atoms with Crippen LogP contribution in [0.3, 0.4) is 0 Å². The topological polar surface area (TPSA) is 49.3 Å². The summed E-state index contributed by atoms with van der Waals surface area (Å²) in [7, 11) is 0. The van der Waals surface area contributed by atoms with E-state index >= 15 is 0 Å². The lowest BCUT2D eigenvalue weighted by Crippen LogP contribution is -2.35. The van der Waals surface area contributed by atoms with Gasteiger partial charge in [0.15, 0.2) is 0 Å². The number of rotatable bonds is 5. The Morgan fingerprint density at radius 2 is 1.82 bits per heavy atom. The lowest BCUT2D eigenvalue weighted by molar-refractivity contribution is -0.125. The van der Waals surface area contributed by atoms with Gasteiger partial charge in [0.2, 0.25) is 5.91 Å². The molecule has 0 aromatic heterocycles. The third-order valence-electron chi connectivity index (χ3n) is 4.46. The van der Waals surface area contributed by atoms with Gasteiger partial charge in [0.1, 0.15) is 0 Å². The molecular formula is C14H25NO2. The second kappa shape index (κ2) is 5.85. The highest BCUT2D eigenvalue weighted by Gasteiger charge is 2.42. The molecule has 0 radical (unpaired) electrons. The first kappa shape index (κ1) is 12.9. The minimum atomic E-state index is 0.245. The lowest BCUT2D eigenvalue weighted by atomic mass is 9.98. The number of nitrogens with one attached hydrogen (secondary N) is 1. The zero-order valence-electron chi connectivity index (χ0n) is 10.7. The Bertz CT molecular complexity index is 253. The summed E-state index contributed by atoms with van der Waals surface area (Å²) < 4.78 is 0. The highest BCUT2D eigenvalue weighted by molar-refractivity contribution is 5.78. The Labute approximate surface area is 104 Å². The number of carbonyl (C=O) groups is 1. The largest absolute Gasteiger partial charge is 0.396 e. The van der Waals surface area contributed by atoms with Crippen molar-refractivity contribution >= 4 is 5.91 Å². The van der Waals surface area contributed by atoms with E-state index in [1.807, 2.05) is 0 Å². The molecule has 0 aromatic rings. The zero-order chi connectivity index (χ0) is 12.1. The molecule has 2 saturated carbocycles. The summed E-state index contributed by atoms with van der Waals surface area (Å²) in [5, 5.41) is 12.1. The molecule has 0 aromatic carbocycles. The summed E-state index contributed by atoms with van der Waals surface area (Å²) in [6, 6.07) is 0. The van der Waals surface area contributed by atoms with E-state index in [1.54, 1.807) is 0 Å². The lowest BCUT2D eigenvalue weighted by Gasteiger charge is -2.18. The van der Waals surface area contributed by atoms with Crippen molar-refractivity contribution in [2.45, 2.75) is 57.8 Å². The highest BCUT2D eigenvalue weighted by Crippen LogP contribution is 2.47. The van der Waals surface area contributed by atoms with Gasteiger partial charge in [-0.15, -0.1) is 0 Å².